The minimum Gasteiger partial charge on any atom is -0.396 e. The summed E-state index contributed by atoms with van der Waals surface area (Å²) in [6.45, 7) is 0.364. The van der Waals surface area contributed by atoms with Gasteiger partial charge >= 0.3 is 0 Å². The Labute approximate surface area is 120 Å². The lowest BCUT2D eigenvalue weighted by Crippen LogP contribution is -2.09. The van der Waals surface area contributed by atoms with E-state index in [4.69, 9.17) is 10.2 Å². The Balaban J connectivity index is 2.11. The van der Waals surface area contributed by atoms with Gasteiger partial charge in [0.15, 0.2) is 0 Å². The van der Waals surface area contributed by atoms with E-state index in [1.165, 1.54) is 0 Å². The molecule has 20 heavy (non-hydrogen) atoms. The molecule has 0 saturated carbocycles. The molecule has 2 aromatic rings. The number of aliphatic hydroxyl groups is 2. The highest BCUT2D eigenvalue weighted by Crippen LogP contribution is 2.24. The molecule has 0 bridgehead atoms. The maximum Gasteiger partial charge on any atom is 0.0471 e. The van der Waals surface area contributed by atoms with Gasteiger partial charge in [-0.1, -0.05) is 24.3 Å². The molecule has 0 spiro atoms. The summed E-state index contributed by atoms with van der Waals surface area (Å²) < 4.78 is 0. The summed E-state index contributed by atoms with van der Waals surface area (Å²) in [5.41, 5.74) is 4.51. The third kappa shape index (κ3) is 3.59. The standard InChI is InChI=1S/C17H21NO2/c1-18(16-6-2-14(3-7-16)10-12-19)17-8-4-15(5-9-17)11-13-20/h2-9,19-20H,10-13H2,1H3. The lowest BCUT2D eigenvalue weighted by Gasteiger charge is -2.20. The van der Waals surface area contributed by atoms with Crippen molar-refractivity contribution in [2.45, 2.75) is 12.8 Å². The van der Waals surface area contributed by atoms with Crippen molar-refractivity contribution in [3.05, 3.63) is 59.7 Å². The van der Waals surface area contributed by atoms with Gasteiger partial charge in [-0.05, 0) is 48.2 Å². The van der Waals surface area contributed by atoms with E-state index in [0.717, 1.165) is 22.5 Å². The van der Waals surface area contributed by atoms with Crippen LogP contribution in [0, 0.1) is 0 Å². The largest absolute Gasteiger partial charge is 0.396 e. The summed E-state index contributed by atoms with van der Waals surface area (Å²) in [5, 5.41) is 17.8. The van der Waals surface area contributed by atoms with Crippen LogP contribution < -0.4 is 4.90 Å². The molecule has 0 unspecified atom stereocenters. The lowest BCUT2D eigenvalue weighted by atomic mass is 10.1. The van der Waals surface area contributed by atoms with Crippen LogP contribution in [0.25, 0.3) is 0 Å². The number of nitrogens with zero attached hydrogens (tertiary/aromatic N) is 1. The summed E-state index contributed by atoms with van der Waals surface area (Å²) >= 11 is 0. The van der Waals surface area contributed by atoms with Gasteiger partial charge in [-0.3, -0.25) is 0 Å². The first kappa shape index (κ1) is 14.6. The predicted molar refractivity (Wildman–Crippen MR) is 82.5 cm³/mol. The molecular formula is C17H21NO2. The van der Waals surface area contributed by atoms with Crippen LogP contribution in [-0.4, -0.2) is 30.5 Å². The van der Waals surface area contributed by atoms with E-state index in [1.807, 2.05) is 31.3 Å². The second-order valence-electron chi connectivity index (χ2n) is 4.84. The summed E-state index contributed by atoms with van der Waals surface area (Å²) in [7, 11) is 2.03. The number of rotatable bonds is 6. The van der Waals surface area contributed by atoms with Gasteiger partial charge in [0.05, 0.1) is 0 Å². The first-order chi connectivity index (χ1) is 9.74. The molecule has 0 aliphatic rings. The van der Waals surface area contributed by atoms with Crippen LogP contribution in [0.5, 0.6) is 0 Å². The zero-order valence-corrected chi connectivity index (χ0v) is 11.8. The van der Waals surface area contributed by atoms with E-state index in [9.17, 15) is 0 Å². The molecule has 0 amide bonds. The Bertz CT molecular complexity index is 470. The number of anilines is 2. The molecule has 2 rings (SSSR count). The van der Waals surface area contributed by atoms with E-state index < -0.39 is 0 Å². The molecule has 0 atom stereocenters. The summed E-state index contributed by atoms with van der Waals surface area (Å²) in [5.74, 6) is 0. The fourth-order valence-electron chi connectivity index (χ4n) is 2.18. The van der Waals surface area contributed by atoms with Crippen LogP contribution in [0.3, 0.4) is 0 Å². The van der Waals surface area contributed by atoms with Crippen molar-refractivity contribution in [3.8, 4) is 0 Å². The third-order valence-electron chi connectivity index (χ3n) is 3.45. The van der Waals surface area contributed by atoms with Gasteiger partial charge in [-0.2, -0.15) is 0 Å². The highest BCUT2D eigenvalue weighted by molar-refractivity contribution is 5.62. The van der Waals surface area contributed by atoms with Crippen molar-refractivity contribution in [3.63, 3.8) is 0 Å². The normalized spacial score (nSPS) is 10.6. The molecule has 3 nitrogen and oxygen atoms in total. The summed E-state index contributed by atoms with van der Waals surface area (Å²) in [4.78, 5) is 2.12. The monoisotopic (exact) mass is 271 g/mol. The van der Waals surface area contributed by atoms with Gasteiger partial charge in [0.1, 0.15) is 0 Å². The van der Waals surface area contributed by atoms with Crippen LogP contribution in [0.2, 0.25) is 0 Å². The smallest absolute Gasteiger partial charge is 0.0471 e. The van der Waals surface area contributed by atoms with E-state index in [0.29, 0.717) is 12.8 Å². The summed E-state index contributed by atoms with van der Waals surface area (Å²) in [6, 6.07) is 16.4. The topological polar surface area (TPSA) is 43.7 Å². The molecule has 0 aromatic heterocycles. The Morgan fingerprint density at radius 1 is 0.700 bits per heavy atom. The molecule has 0 heterocycles. The third-order valence-corrected chi connectivity index (χ3v) is 3.45. The zero-order valence-electron chi connectivity index (χ0n) is 11.8. The summed E-state index contributed by atoms with van der Waals surface area (Å²) in [6.07, 6.45) is 1.39. The number of hydrogen-bond acceptors (Lipinski definition) is 3. The minimum atomic E-state index is 0.182. The van der Waals surface area contributed by atoms with Crippen molar-refractivity contribution in [2.75, 3.05) is 25.2 Å². The van der Waals surface area contributed by atoms with Gasteiger partial charge in [-0.25, -0.2) is 0 Å². The molecule has 0 aliphatic carbocycles. The molecule has 0 aliphatic heterocycles. The fourth-order valence-corrected chi connectivity index (χ4v) is 2.18. The average molecular weight is 271 g/mol. The van der Waals surface area contributed by atoms with Crippen LogP contribution >= 0.6 is 0 Å². The molecule has 106 valence electrons. The second kappa shape index (κ2) is 7.08. The van der Waals surface area contributed by atoms with Crippen LogP contribution in [0.4, 0.5) is 11.4 Å². The van der Waals surface area contributed by atoms with Gasteiger partial charge in [-0.15, -0.1) is 0 Å². The number of benzene rings is 2. The van der Waals surface area contributed by atoms with E-state index in [2.05, 4.69) is 29.2 Å². The maximum atomic E-state index is 8.92. The first-order valence-electron chi connectivity index (χ1n) is 6.88. The van der Waals surface area contributed by atoms with Gasteiger partial charge in [0.2, 0.25) is 0 Å². The Morgan fingerprint density at radius 3 is 1.35 bits per heavy atom. The van der Waals surface area contributed by atoms with Crippen molar-refractivity contribution in [1.29, 1.82) is 0 Å². The Kier molecular flexibility index (Phi) is 5.16. The quantitative estimate of drug-likeness (QED) is 0.848. The van der Waals surface area contributed by atoms with Crippen LogP contribution in [-0.2, 0) is 12.8 Å². The zero-order chi connectivity index (χ0) is 14.4. The minimum absolute atomic E-state index is 0.182. The SMILES string of the molecule is CN(c1ccc(CCO)cc1)c1ccc(CCO)cc1. The van der Waals surface area contributed by atoms with E-state index in [1.54, 1.807) is 0 Å². The molecule has 2 N–H and O–H groups in total. The van der Waals surface area contributed by atoms with Gasteiger partial charge < -0.3 is 15.1 Å². The van der Waals surface area contributed by atoms with E-state index in [-0.39, 0.29) is 13.2 Å². The first-order valence-corrected chi connectivity index (χ1v) is 6.88. The highest BCUT2D eigenvalue weighted by Gasteiger charge is 2.04. The highest BCUT2D eigenvalue weighted by atomic mass is 16.3. The predicted octanol–water partition coefficient (Wildman–Crippen LogP) is 2.52. The second-order valence-corrected chi connectivity index (χ2v) is 4.84. The van der Waals surface area contributed by atoms with Crippen molar-refractivity contribution < 1.29 is 10.2 Å². The average Bonchev–Trinajstić information content (AvgIpc) is 2.49. The van der Waals surface area contributed by atoms with Gasteiger partial charge in [0.25, 0.3) is 0 Å². The number of aliphatic hydroxyl groups excluding tert-OH is 2. The molecule has 0 fully saturated rings. The van der Waals surface area contributed by atoms with Crippen molar-refractivity contribution in [1.82, 2.24) is 0 Å². The maximum absolute atomic E-state index is 8.92. The lowest BCUT2D eigenvalue weighted by molar-refractivity contribution is 0.299. The van der Waals surface area contributed by atoms with Crippen LogP contribution in [0.1, 0.15) is 11.1 Å². The van der Waals surface area contributed by atoms with Crippen molar-refractivity contribution in [2.24, 2.45) is 0 Å². The van der Waals surface area contributed by atoms with Gasteiger partial charge in [0, 0.05) is 31.6 Å². The molecule has 3 heteroatoms. The molecular weight excluding hydrogens is 250 g/mol. The number of hydrogen-bond donors (Lipinski definition) is 2. The van der Waals surface area contributed by atoms with Crippen LogP contribution in [0.15, 0.2) is 48.5 Å². The fraction of sp³-hybridized carbons (Fsp3) is 0.294. The Morgan fingerprint density at radius 2 is 1.05 bits per heavy atom. The Hall–Kier alpha value is -1.84. The van der Waals surface area contributed by atoms with Crippen molar-refractivity contribution >= 4 is 11.4 Å². The van der Waals surface area contributed by atoms with E-state index >= 15 is 0 Å². The molecule has 0 saturated heterocycles. The molecule has 0 radical (unpaired) electrons. The molecule has 2 aromatic carbocycles.